The van der Waals surface area contributed by atoms with Crippen molar-refractivity contribution in [3.63, 3.8) is 0 Å². The molecule has 0 unspecified atom stereocenters. The van der Waals surface area contributed by atoms with Gasteiger partial charge < -0.3 is 10.1 Å². The zero-order valence-corrected chi connectivity index (χ0v) is 12.8. The summed E-state index contributed by atoms with van der Waals surface area (Å²) in [6, 6.07) is 0. The zero-order valence-electron chi connectivity index (χ0n) is 12.0. The number of hydrogen-bond acceptors (Lipinski definition) is 4. The van der Waals surface area contributed by atoms with Crippen LogP contribution in [-0.2, 0) is 17.7 Å². The van der Waals surface area contributed by atoms with Crippen molar-refractivity contribution in [1.82, 2.24) is 10.3 Å². The van der Waals surface area contributed by atoms with E-state index in [1.54, 1.807) is 0 Å². The van der Waals surface area contributed by atoms with E-state index in [1.807, 2.05) is 17.5 Å². The molecule has 1 saturated carbocycles. The fourth-order valence-corrected chi connectivity index (χ4v) is 3.32. The molecule has 0 radical (unpaired) electrons. The van der Waals surface area contributed by atoms with E-state index in [2.05, 4.69) is 17.2 Å². The van der Waals surface area contributed by atoms with Gasteiger partial charge in [-0.05, 0) is 32.2 Å². The number of ether oxygens (including phenoxy) is 1. The first-order chi connectivity index (χ1) is 9.38. The molecule has 0 spiro atoms. The lowest BCUT2D eigenvalue weighted by Gasteiger charge is -2.21. The largest absolute Gasteiger partial charge is 0.378 e. The summed E-state index contributed by atoms with van der Waals surface area (Å²) in [6.07, 6.45) is 11.3. The molecule has 1 fully saturated rings. The monoisotopic (exact) mass is 282 g/mol. The highest BCUT2D eigenvalue weighted by atomic mass is 32.1. The minimum Gasteiger partial charge on any atom is -0.378 e. The molecule has 1 aliphatic rings. The lowest BCUT2D eigenvalue weighted by atomic mass is 9.98. The molecule has 0 aromatic carbocycles. The van der Waals surface area contributed by atoms with Gasteiger partial charge in [-0.15, -0.1) is 11.3 Å². The Hall–Kier alpha value is -0.450. The predicted molar refractivity (Wildman–Crippen MR) is 80.6 cm³/mol. The zero-order chi connectivity index (χ0) is 13.3. The molecule has 1 aliphatic carbocycles. The normalized spacial score (nSPS) is 16.9. The van der Waals surface area contributed by atoms with E-state index in [0.29, 0.717) is 6.10 Å². The van der Waals surface area contributed by atoms with Crippen molar-refractivity contribution in [1.29, 1.82) is 0 Å². The van der Waals surface area contributed by atoms with Gasteiger partial charge in [-0.3, -0.25) is 0 Å². The molecule has 108 valence electrons. The first-order valence-electron chi connectivity index (χ1n) is 7.64. The summed E-state index contributed by atoms with van der Waals surface area (Å²) in [6.45, 7) is 5.03. The highest BCUT2D eigenvalue weighted by molar-refractivity contribution is 7.11. The van der Waals surface area contributed by atoms with E-state index in [9.17, 15) is 0 Å². The highest BCUT2D eigenvalue weighted by Gasteiger charge is 2.12. The van der Waals surface area contributed by atoms with E-state index in [0.717, 1.165) is 32.5 Å². The molecule has 19 heavy (non-hydrogen) atoms. The van der Waals surface area contributed by atoms with Gasteiger partial charge in [0.25, 0.3) is 0 Å². The summed E-state index contributed by atoms with van der Waals surface area (Å²) >= 11 is 1.81. The van der Waals surface area contributed by atoms with E-state index in [-0.39, 0.29) is 0 Å². The lowest BCUT2D eigenvalue weighted by molar-refractivity contribution is 0.0273. The molecule has 0 aliphatic heterocycles. The third-order valence-electron chi connectivity index (χ3n) is 3.61. The first-order valence-corrected chi connectivity index (χ1v) is 8.46. The van der Waals surface area contributed by atoms with Gasteiger partial charge in [0.1, 0.15) is 0 Å². The maximum atomic E-state index is 5.91. The second-order valence-corrected chi connectivity index (χ2v) is 6.43. The number of thiazole rings is 1. The number of rotatable bonds is 8. The Kier molecular flexibility index (Phi) is 6.82. The van der Waals surface area contributed by atoms with Crippen LogP contribution in [0.15, 0.2) is 6.20 Å². The average molecular weight is 282 g/mol. The fourth-order valence-electron chi connectivity index (χ4n) is 2.48. The lowest BCUT2D eigenvalue weighted by Crippen LogP contribution is -2.20. The van der Waals surface area contributed by atoms with Crippen molar-refractivity contribution >= 4 is 11.3 Å². The molecule has 1 heterocycles. The minimum atomic E-state index is 0.544. The maximum Gasteiger partial charge on any atom is 0.0925 e. The third-order valence-corrected chi connectivity index (χ3v) is 4.75. The second-order valence-electron chi connectivity index (χ2n) is 5.24. The number of hydrogen-bond donors (Lipinski definition) is 1. The summed E-state index contributed by atoms with van der Waals surface area (Å²) < 4.78 is 5.91. The minimum absolute atomic E-state index is 0.544. The van der Waals surface area contributed by atoms with Gasteiger partial charge in [-0.1, -0.05) is 26.2 Å². The van der Waals surface area contributed by atoms with Crippen LogP contribution in [0.4, 0.5) is 0 Å². The Balaban J connectivity index is 1.47. The van der Waals surface area contributed by atoms with Crippen molar-refractivity contribution in [2.45, 2.75) is 64.5 Å². The van der Waals surface area contributed by atoms with Crippen LogP contribution >= 0.6 is 11.3 Å². The van der Waals surface area contributed by atoms with Crippen LogP contribution in [-0.4, -0.2) is 24.2 Å². The van der Waals surface area contributed by atoms with Gasteiger partial charge in [0.2, 0.25) is 0 Å². The predicted octanol–water partition coefficient (Wildman–Crippen LogP) is 3.53. The van der Waals surface area contributed by atoms with Crippen LogP contribution in [0.2, 0.25) is 0 Å². The molecule has 0 bridgehead atoms. The Morgan fingerprint density at radius 3 is 2.95 bits per heavy atom. The third kappa shape index (κ3) is 5.59. The van der Waals surface area contributed by atoms with Gasteiger partial charge in [-0.2, -0.15) is 0 Å². The molecule has 0 saturated heterocycles. The maximum absolute atomic E-state index is 5.91. The molecule has 0 atom stereocenters. The van der Waals surface area contributed by atoms with E-state index in [4.69, 9.17) is 4.74 Å². The Bertz CT molecular complexity index is 348. The molecule has 3 nitrogen and oxygen atoms in total. The Morgan fingerprint density at radius 2 is 2.21 bits per heavy atom. The van der Waals surface area contributed by atoms with Crippen molar-refractivity contribution in [2.24, 2.45) is 0 Å². The number of aryl methyl sites for hydroxylation is 1. The quantitative estimate of drug-likeness (QED) is 0.741. The summed E-state index contributed by atoms with van der Waals surface area (Å²) in [4.78, 5) is 5.70. The van der Waals surface area contributed by atoms with Crippen LogP contribution in [0.5, 0.6) is 0 Å². The van der Waals surface area contributed by atoms with Gasteiger partial charge >= 0.3 is 0 Å². The second kappa shape index (κ2) is 8.67. The highest BCUT2D eigenvalue weighted by Crippen LogP contribution is 2.20. The topological polar surface area (TPSA) is 34.2 Å². The van der Waals surface area contributed by atoms with Gasteiger partial charge in [-0.25, -0.2) is 4.98 Å². The number of aromatic nitrogens is 1. The summed E-state index contributed by atoms with van der Waals surface area (Å²) in [7, 11) is 0. The number of nitrogens with zero attached hydrogens (tertiary/aromatic N) is 1. The van der Waals surface area contributed by atoms with E-state index in [1.165, 1.54) is 42.0 Å². The van der Waals surface area contributed by atoms with Crippen LogP contribution in [0.25, 0.3) is 0 Å². The van der Waals surface area contributed by atoms with Crippen molar-refractivity contribution < 1.29 is 4.74 Å². The molecule has 1 N–H and O–H groups in total. The van der Waals surface area contributed by atoms with Crippen molar-refractivity contribution in [2.75, 3.05) is 13.2 Å². The van der Waals surface area contributed by atoms with Gasteiger partial charge in [0, 0.05) is 24.2 Å². The number of nitrogens with one attached hydrogen (secondary N) is 1. The van der Waals surface area contributed by atoms with Crippen LogP contribution in [0, 0.1) is 0 Å². The first kappa shape index (κ1) is 14.9. The Labute approximate surface area is 120 Å². The fraction of sp³-hybridized carbons (Fsp3) is 0.800. The molecule has 2 rings (SSSR count). The SMILES string of the molecule is CCc1ncc(CNCCCOC2CCCCC2)s1. The van der Waals surface area contributed by atoms with Gasteiger partial charge in [0.05, 0.1) is 11.1 Å². The molecular formula is C15H26N2OS. The van der Waals surface area contributed by atoms with Gasteiger partial charge in [0.15, 0.2) is 0 Å². The van der Waals surface area contributed by atoms with Crippen LogP contribution < -0.4 is 5.32 Å². The smallest absolute Gasteiger partial charge is 0.0925 e. The van der Waals surface area contributed by atoms with Crippen LogP contribution in [0.3, 0.4) is 0 Å². The van der Waals surface area contributed by atoms with Crippen molar-refractivity contribution in [3.05, 3.63) is 16.1 Å². The molecular weight excluding hydrogens is 256 g/mol. The van der Waals surface area contributed by atoms with E-state index < -0.39 is 0 Å². The molecule has 4 heteroatoms. The van der Waals surface area contributed by atoms with E-state index >= 15 is 0 Å². The average Bonchev–Trinajstić information content (AvgIpc) is 2.92. The summed E-state index contributed by atoms with van der Waals surface area (Å²) in [5.74, 6) is 0. The molecule has 0 amide bonds. The molecule has 1 aromatic heterocycles. The van der Waals surface area contributed by atoms with Crippen LogP contribution in [0.1, 0.15) is 55.3 Å². The van der Waals surface area contributed by atoms with Crippen molar-refractivity contribution in [3.8, 4) is 0 Å². The molecule has 1 aromatic rings. The standard InChI is InChI=1S/C15H26N2OS/c1-2-15-17-12-14(19-15)11-16-9-6-10-18-13-7-4-3-5-8-13/h12-13,16H,2-11H2,1H3. The Morgan fingerprint density at radius 1 is 1.37 bits per heavy atom. The summed E-state index contributed by atoms with van der Waals surface area (Å²) in [5.41, 5.74) is 0. The summed E-state index contributed by atoms with van der Waals surface area (Å²) in [5, 5.41) is 4.70.